The smallest absolute Gasteiger partial charge is 0.320 e. The van der Waals surface area contributed by atoms with Gasteiger partial charge in [-0.15, -0.1) is 0 Å². The van der Waals surface area contributed by atoms with E-state index in [4.69, 9.17) is 0 Å². The highest BCUT2D eigenvalue weighted by molar-refractivity contribution is 5.89. The van der Waals surface area contributed by atoms with Gasteiger partial charge in [0.25, 0.3) is 0 Å². The zero-order valence-electron chi connectivity index (χ0n) is 15.1. The molecule has 3 aromatic rings. The number of anilines is 2. The van der Waals surface area contributed by atoms with Gasteiger partial charge < -0.3 is 24.7 Å². The number of urea groups is 1. The minimum atomic E-state index is -0.503. The van der Waals surface area contributed by atoms with E-state index in [-0.39, 0.29) is 0 Å². The summed E-state index contributed by atoms with van der Waals surface area (Å²) >= 11 is 0. The maximum absolute atomic E-state index is 12.5. The van der Waals surface area contributed by atoms with Crippen LogP contribution in [-0.2, 0) is 14.1 Å². The third kappa shape index (κ3) is 3.63. The molecule has 26 heavy (non-hydrogen) atoms. The van der Waals surface area contributed by atoms with E-state index in [1.54, 1.807) is 29.7 Å². The summed E-state index contributed by atoms with van der Waals surface area (Å²) in [6.45, 7) is 0. The van der Waals surface area contributed by atoms with Crippen molar-refractivity contribution in [3.8, 4) is 0 Å². The van der Waals surface area contributed by atoms with Crippen LogP contribution in [0.3, 0.4) is 0 Å². The maximum atomic E-state index is 12.5. The first-order valence-electron chi connectivity index (χ1n) is 7.97. The molecule has 3 aromatic heterocycles. The third-order valence-corrected chi connectivity index (χ3v) is 3.80. The molecular weight excluding hydrogens is 334 g/mol. The molecule has 10 nitrogen and oxygen atoms in total. The Hall–Kier alpha value is -3.43. The van der Waals surface area contributed by atoms with Crippen LogP contribution in [0.1, 0.15) is 17.7 Å². The Morgan fingerprint density at radius 1 is 1.00 bits per heavy atom. The van der Waals surface area contributed by atoms with Crippen molar-refractivity contribution in [3.05, 3.63) is 48.8 Å². The van der Waals surface area contributed by atoms with Crippen molar-refractivity contribution in [1.82, 2.24) is 34.4 Å². The van der Waals surface area contributed by atoms with Crippen LogP contribution in [0.15, 0.2) is 37.2 Å². The van der Waals surface area contributed by atoms with Crippen molar-refractivity contribution in [2.24, 2.45) is 14.1 Å². The van der Waals surface area contributed by atoms with E-state index in [9.17, 15) is 4.79 Å². The normalized spacial score (nSPS) is 10.8. The number of nitrogens with zero attached hydrogens (tertiary/aromatic N) is 7. The number of hydrogen-bond acceptors (Lipinski definition) is 6. The van der Waals surface area contributed by atoms with Crippen LogP contribution in [0.2, 0.25) is 0 Å². The number of carbonyl (C=O) groups is 1. The molecule has 10 heteroatoms. The standard InChI is InChI=1S/C16H21N9O/c1-23(2)15-19-9-11(10-20-15)21-16(26)22-12(13-17-5-7-24(13)3)14-18-6-8-25(14)4/h5-10,12H,1-4H3,(H2,21,22,26). The Labute approximate surface area is 150 Å². The summed E-state index contributed by atoms with van der Waals surface area (Å²) in [6.07, 6.45) is 10.1. The Morgan fingerprint density at radius 3 is 1.96 bits per heavy atom. The van der Waals surface area contributed by atoms with Gasteiger partial charge in [-0.3, -0.25) is 0 Å². The maximum Gasteiger partial charge on any atom is 0.320 e. The van der Waals surface area contributed by atoms with Gasteiger partial charge in [0.15, 0.2) is 0 Å². The molecular formula is C16H21N9O. The highest BCUT2D eigenvalue weighted by atomic mass is 16.2. The van der Waals surface area contributed by atoms with Crippen molar-refractivity contribution in [2.75, 3.05) is 24.3 Å². The summed E-state index contributed by atoms with van der Waals surface area (Å²) in [5.41, 5.74) is 0.492. The third-order valence-electron chi connectivity index (χ3n) is 3.80. The first kappa shape index (κ1) is 17.4. The summed E-state index contributed by atoms with van der Waals surface area (Å²) in [6, 6.07) is -0.904. The van der Waals surface area contributed by atoms with E-state index in [0.717, 1.165) is 0 Å². The molecule has 0 aliphatic rings. The van der Waals surface area contributed by atoms with E-state index >= 15 is 0 Å². The number of imidazole rings is 2. The van der Waals surface area contributed by atoms with Crippen LogP contribution >= 0.6 is 0 Å². The lowest BCUT2D eigenvalue weighted by Gasteiger charge is -2.19. The molecule has 0 radical (unpaired) electrons. The van der Waals surface area contributed by atoms with Crippen LogP contribution < -0.4 is 15.5 Å². The van der Waals surface area contributed by atoms with Gasteiger partial charge in [0.2, 0.25) is 5.95 Å². The number of amides is 2. The van der Waals surface area contributed by atoms with Crippen molar-refractivity contribution >= 4 is 17.7 Å². The summed E-state index contributed by atoms with van der Waals surface area (Å²) < 4.78 is 3.68. The molecule has 0 bridgehead atoms. The summed E-state index contributed by atoms with van der Waals surface area (Å²) in [5, 5.41) is 5.64. The lowest BCUT2D eigenvalue weighted by Crippen LogP contribution is -2.36. The van der Waals surface area contributed by atoms with Crippen LogP contribution in [0.4, 0.5) is 16.4 Å². The molecule has 0 aliphatic carbocycles. The molecule has 0 fully saturated rings. The monoisotopic (exact) mass is 355 g/mol. The molecule has 3 rings (SSSR count). The Kier molecular flexibility index (Phi) is 4.83. The van der Waals surface area contributed by atoms with Gasteiger partial charge in [-0.05, 0) is 0 Å². The van der Waals surface area contributed by atoms with Crippen molar-refractivity contribution in [1.29, 1.82) is 0 Å². The highest BCUT2D eigenvalue weighted by Gasteiger charge is 2.24. The SMILES string of the molecule is CN(C)c1ncc(NC(=O)NC(c2nccn2C)c2nccn2C)cn1. The van der Waals surface area contributed by atoms with Gasteiger partial charge in [-0.1, -0.05) is 0 Å². The van der Waals surface area contributed by atoms with E-state index in [1.165, 1.54) is 0 Å². The lowest BCUT2D eigenvalue weighted by molar-refractivity contribution is 0.249. The molecule has 136 valence electrons. The number of aryl methyl sites for hydroxylation is 2. The fourth-order valence-corrected chi connectivity index (χ4v) is 2.47. The van der Waals surface area contributed by atoms with E-state index in [0.29, 0.717) is 23.3 Å². The summed E-state index contributed by atoms with van der Waals surface area (Å²) in [7, 11) is 7.43. The molecule has 0 saturated heterocycles. The quantitative estimate of drug-likeness (QED) is 0.705. The Balaban J connectivity index is 1.78. The fraction of sp³-hybridized carbons (Fsp3) is 0.312. The fourth-order valence-electron chi connectivity index (χ4n) is 2.47. The molecule has 0 atom stereocenters. The predicted octanol–water partition coefficient (Wildman–Crippen LogP) is 0.921. The molecule has 2 amide bonds. The molecule has 0 aromatic carbocycles. The number of hydrogen-bond donors (Lipinski definition) is 2. The van der Waals surface area contributed by atoms with E-state index in [2.05, 4.69) is 30.6 Å². The minimum Gasteiger partial charge on any atom is -0.347 e. The number of nitrogens with one attached hydrogen (secondary N) is 2. The van der Waals surface area contributed by atoms with Crippen molar-refractivity contribution in [2.45, 2.75) is 6.04 Å². The average Bonchev–Trinajstić information content (AvgIpc) is 3.21. The Bertz CT molecular complexity index is 841. The molecule has 0 saturated carbocycles. The van der Waals surface area contributed by atoms with Gasteiger partial charge >= 0.3 is 6.03 Å². The van der Waals surface area contributed by atoms with Gasteiger partial charge in [-0.2, -0.15) is 0 Å². The second-order valence-electron chi connectivity index (χ2n) is 5.99. The number of rotatable bonds is 5. The second kappa shape index (κ2) is 7.21. The van der Waals surface area contributed by atoms with Crippen LogP contribution in [0.25, 0.3) is 0 Å². The largest absolute Gasteiger partial charge is 0.347 e. The second-order valence-corrected chi connectivity index (χ2v) is 5.99. The van der Waals surface area contributed by atoms with Crippen LogP contribution in [-0.4, -0.2) is 49.2 Å². The molecule has 0 spiro atoms. The first-order valence-corrected chi connectivity index (χ1v) is 7.97. The zero-order valence-corrected chi connectivity index (χ0v) is 15.1. The van der Waals surface area contributed by atoms with Gasteiger partial charge in [0, 0.05) is 53.0 Å². The first-order chi connectivity index (χ1) is 12.5. The minimum absolute atomic E-state index is 0.401. The van der Waals surface area contributed by atoms with Gasteiger partial charge in [0.05, 0.1) is 18.1 Å². The van der Waals surface area contributed by atoms with Crippen molar-refractivity contribution < 1.29 is 4.79 Å². The van der Waals surface area contributed by atoms with Gasteiger partial charge in [-0.25, -0.2) is 24.7 Å². The molecule has 3 heterocycles. The summed E-state index contributed by atoms with van der Waals surface area (Å²) in [5.74, 6) is 1.91. The highest BCUT2D eigenvalue weighted by Crippen LogP contribution is 2.18. The number of carbonyl (C=O) groups excluding carboxylic acids is 1. The van der Waals surface area contributed by atoms with Gasteiger partial charge in [0.1, 0.15) is 17.7 Å². The van der Waals surface area contributed by atoms with E-state index in [1.807, 2.05) is 49.7 Å². The zero-order chi connectivity index (χ0) is 18.7. The molecule has 0 aliphatic heterocycles. The van der Waals surface area contributed by atoms with Crippen LogP contribution in [0, 0.1) is 0 Å². The average molecular weight is 355 g/mol. The lowest BCUT2D eigenvalue weighted by atomic mass is 10.2. The topological polar surface area (TPSA) is 106 Å². The number of aromatic nitrogens is 6. The van der Waals surface area contributed by atoms with Crippen molar-refractivity contribution in [3.63, 3.8) is 0 Å². The molecule has 0 unspecified atom stereocenters. The predicted molar refractivity (Wildman–Crippen MR) is 96.8 cm³/mol. The van der Waals surface area contributed by atoms with E-state index < -0.39 is 12.1 Å². The molecule has 2 N–H and O–H groups in total. The summed E-state index contributed by atoms with van der Waals surface area (Å²) in [4.78, 5) is 31.3. The Morgan fingerprint density at radius 2 is 1.54 bits per heavy atom. The van der Waals surface area contributed by atoms with Crippen LogP contribution in [0.5, 0.6) is 0 Å².